The number of para-hydroxylation sites is 1. The Hall–Kier alpha value is -1.56. The van der Waals surface area contributed by atoms with E-state index in [0.717, 1.165) is 0 Å². The summed E-state index contributed by atoms with van der Waals surface area (Å²) in [6.45, 7) is 1.51. The van der Waals surface area contributed by atoms with Crippen molar-refractivity contribution in [1.82, 2.24) is 5.32 Å². The average Bonchev–Trinajstić information content (AvgIpc) is 2.31. The van der Waals surface area contributed by atoms with Gasteiger partial charge < -0.3 is 14.8 Å². The third-order valence-corrected chi connectivity index (χ3v) is 2.58. The SMILES string of the molecule is COC(=O)NC(C)C(=O)Oc1ccccc1Br. The summed E-state index contributed by atoms with van der Waals surface area (Å²) in [4.78, 5) is 22.5. The number of nitrogens with one attached hydrogen (secondary N) is 1. The van der Waals surface area contributed by atoms with E-state index < -0.39 is 18.1 Å². The Morgan fingerprint density at radius 1 is 1.35 bits per heavy atom. The third-order valence-electron chi connectivity index (χ3n) is 1.92. The quantitative estimate of drug-likeness (QED) is 0.686. The van der Waals surface area contributed by atoms with E-state index in [2.05, 4.69) is 26.0 Å². The molecular weight excluding hydrogens is 290 g/mol. The Bertz CT molecular complexity index is 422. The summed E-state index contributed by atoms with van der Waals surface area (Å²) < 4.78 is 10.1. The molecule has 0 aliphatic carbocycles. The van der Waals surface area contributed by atoms with E-state index in [0.29, 0.717) is 10.2 Å². The topological polar surface area (TPSA) is 64.6 Å². The second-order valence-corrected chi connectivity index (χ2v) is 4.06. The molecule has 0 saturated carbocycles. The lowest BCUT2D eigenvalue weighted by atomic mass is 10.3. The van der Waals surface area contributed by atoms with Crippen LogP contribution in [0.4, 0.5) is 4.79 Å². The monoisotopic (exact) mass is 301 g/mol. The number of hydrogen-bond acceptors (Lipinski definition) is 4. The lowest BCUT2D eigenvalue weighted by Gasteiger charge is -2.12. The van der Waals surface area contributed by atoms with E-state index in [1.807, 2.05) is 0 Å². The number of halogens is 1. The largest absolute Gasteiger partial charge is 0.453 e. The van der Waals surface area contributed by atoms with Gasteiger partial charge in [-0.2, -0.15) is 0 Å². The van der Waals surface area contributed by atoms with Crippen molar-refractivity contribution >= 4 is 28.0 Å². The van der Waals surface area contributed by atoms with Crippen molar-refractivity contribution in [3.8, 4) is 5.75 Å². The van der Waals surface area contributed by atoms with Crippen LogP contribution in [0.25, 0.3) is 0 Å². The van der Waals surface area contributed by atoms with Gasteiger partial charge in [0.1, 0.15) is 11.8 Å². The van der Waals surface area contributed by atoms with Crippen molar-refractivity contribution in [1.29, 1.82) is 0 Å². The summed E-state index contributed by atoms with van der Waals surface area (Å²) in [5.41, 5.74) is 0. The number of amides is 1. The predicted molar refractivity (Wildman–Crippen MR) is 64.8 cm³/mol. The Balaban J connectivity index is 2.60. The maximum Gasteiger partial charge on any atom is 0.407 e. The van der Waals surface area contributed by atoms with Crippen molar-refractivity contribution in [2.24, 2.45) is 0 Å². The molecular formula is C11H12BrNO4. The Morgan fingerprint density at radius 3 is 2.59 bits per heavy atom. The van der Waals surface area contributed by atoms with E-state index in [4.69, 9.17) is 4.74 Å². The molecule has 1 unspecified atom stereocenters. The fraction of sp³-hybridized carbons (Fsp3) is 0.273. The van der Waals surface area contributed by atoms with E-state index in [1.165, 1.54) is 14.0 Å². The maximum atomic E-state index is 11.6. The van der Waals surface area contributed by atoms with Crippen LogP contribution in [0.2, 0.25) is 0 Å². The van der Waals surface area contributed by atoms with Crippen molar-refractivity contribution in [2.45, 2.75) is 13.0 Å². The second-order valence-electron chi connectivity index (χ2n) is 3.21. The summed E-state index contributed by atoms with van der Waals surface area (Å²) in [7, 11) is 1.22. The maximum absolute atomic E-state index is 11.6. The number of ether oxygens (including phenoxy) is 2. The number of carbonyl (C=O) groups is 2. The van der Waals surface area contributed by atoms with Crippen molar-refractivity contribution in [2.75, 3.05) is 7.11 Å². The molecule has 0 heterocycles. The fourth-order valence-corrected chi connectivity index (χ4v) is 1.38. The van der Waals surface area contributed by atoms with Crippen LogP contribution in [0.15, 0.2) is 28.7 Å². The van der Waals surface area contributed by atoms with Crippen molar-refractivity contribution in [3.05, 3.63) is 28.7 Å². The molecule has 1 amide bonds. The zero-order chi connectivity index (χ0) is 12.8. The summed E-state index contributed by atoms with van der Waals surface area (Å²) in [5, 5.41) is 2.32. The minimum Gasteiger partial charge on any atom is -0.453 e. The van der Waals surface area contributed by atoms with Gasteiger partial charge in [-0.15, -0.1) is 0 Å². The molecule has 0 spiro atoms. The third kappa shape index (κ3) is 4.07. The molecule has 0 fully saturated rings. The molecule has 1 atom stereocenters. The van der Waals surface area contributed by atoms with Crippen LogP contribution in [0.3, 0.4) is 0 Å². The molecule has 5 nitrogen and oxygen atoms in total. The van der Waals surface area contributed by atoms with E-state index in [-0.39, 0.29) is 0 Å². The van der Waals surface area contributed by atoms with Gasteiger partial charge >= 0.3 is 12.1 Å². The van der Waals surface area contributed by atoms with Gasteiger partial charge in [-0.1, -0.05) is 12.1 Å². The van der Waals surface area contributed by atoms with E-state index in [9.17, 15) is 9.59 Å². The molecule has 6 heteroatoms. The summed E-state index contributed by atoms with van der Waals surface area (Å²) in [5.74, 6) is -0.168. The first kappa shape index (κ1) is 13.5. The highest BCUT2D eigenvalue weighted by molar-refractivity contribution is 9.10. The normalized spacial score (nSPS) is 11.5. The molecule has 0 aliphatic heterocycles. The number of benzene rings is 1. The zero-order valence-electron chi connectivity index (χ0n) is 9.40. The summed E-state index contributed by atoms with van der Waals surface area (Å²) >= 11 is 3.25. The highest BCUT2D eigenvalue weighted by atomic mass is 79.9. The molecule has 92 valence electrons. The molecule has 1 aromatic rings. The predicted octanol–water partition coefficient (Wildman–Crippen LogP) is 2.10. The van der Waals surface area contributed by atoms with Gasteiger partial charge in [-0.25, -0.2) is 9.59 Å². The van der Waals surface area contributed by atoms with Crippen LogP contribution in [0.5, 0.6) is 5.75 Å². The molecule has 1 N–H and O–H groups in total. The van der Waals surface area contributed by atoms with Gasteiger partial charge in [0.25, 0.3) is 0 Å². The Labute approximate surface area is 107 Å². The number of hydrogen-bond donors (Lipinski definition) is 1. The Morgan fingerprint density at radius 2 is 2.00 bits per heavy atom. The standard InChI is InChI=1S/C11H12BrNO4/c1-7(13-11(15)16-2)10(14)17-9-6-4-3-5-8(9)12/h3-7H,1-2H3,(H,13,15). The first-order chi connectivity index (χ1) is 8.04. The first-order valence-corrected chi connectivity index (χ1v) is 5.64. The molecule has 0 aromatic heterocycles. The van der Waals surface area contributed by atoms with Crippen LogP contribution >= 0.6 is 15.9 Å². The number of alkyl carbamates (subject to hydrolysis) is 1. The van der Waals surface area contributed by atoms with Gasteiger partial charge in [-0.3, -0.25) is 0 Å². The van der Waals surface area contributed by atoms with Gasteiger partial charge in [0, 0.05) is 0 Å². The van der Waals surface area contributed by atoms with Gasteiger partial charge in [0.05, 0.1) is 11.6 Å². The number of carbonyl (C=O) groups excluding carboxylic acids is 2. The first-order valence-electron chi connectivity index (χ1n) is 4.85. The minimum absolute atomic E-state index is 0.399. The van der Waals surface area contributed by atoms with Crippen molar-refractivity contribution in [3.63, 3.8) is 0 Å². The number of rotatable bonds is 3. The highest BCUT2D eigenvalue weighted by Crippen LogP contribution is 2.24. The lowest BCUT2D eigenvalue weighted by Crippen LogP contribution is -2.40. The number of methoxy groups -OCH3 is 1. The second kappa shape index (κ2) is 6.24. The van der Waals surface area contributed by atoms with Gasteiger partial charge in [0.15, 0.2) is 0 Å². The highest BCUT2D eigenvalue weighted by Gasteiger charge is 2.18. The van der Waals surface area contributed by atoms with E-state index >= 15 is 0 Å². The molecule has 0 radical (unpaired) electrons. The van der Waals surface area contributed by atoms with Crippen LogP contribution < -0.4 is 10.1 Å². The smallest absolute Gasteiger partial charge is 0.407 e. The fourth-order valence-electron chi connectivity index (χ4n) is 1.02. The molecule has 0 bridgehead atoms. The Kier molecular flexibility index (Phi) is 4.96. The lowest BCUT2D eigenvalue weighted by molar-refractivity contribution is -0.136. The number of esters is 1. The molecule has 1 aromatic carbocycles. The zero-order valence-corrected chi connectivity index (χ0v) is 11.0. The van der Waals surface area contributed by atoms with Crippen LogP contribution in [-0.4, -0.2) is 25.2 Å². The summed E-state index contributed by atoms with van der Waals surface area (Å²) in [6, 6.07) is 6.16. The van der Waals surface area contributed by atoms with Crippen LogP contribution in [0.1, 0.15) is 6.92 Å². The van der Waals surface area contributed by atoms with Crippen molar-refractivity contribution < 1.29 is 19.1 Å². The average molecular weight is 302 g/mol. The minimum atomic E-state index is -0.783. The van der Waals surface area contributed by atoms with Gasteiger partial charge in [0.2, 0.25) is 0 Å². The van der Waals surface area contributed by atoms with Gasteiger partial charge in [-0.05, 0) is 35.0 Å². The summed E-state index contributed by atoms with van der Waals surface area (Å²) in [6.07, 6.45) is -0.679. The van der Waals surface area contributed by atoms with Crippen LogP contribution in [-0.2, 0) is 9.53 Å². The molecule has 0 saturated heterocycles. The molecule has 1 rings (SSSR count). The van der Waals surface area contributed by atoms with Crippen LogP contribution in [0, 0.1) is 0 Å². The van der Waals surface area contributed by atoms with E-state index in [1.54, 1.807) is 24.3 Å². The molecule has 17 heavy (non-hydrogen) atoms. The molecule has 0 aliphatic rings.